The third-order valence-corrected chi connectivity index (χ3v) is 6.37. The second kappa shape index (κ2) is 8.85. The minimum Gasteiger partial charge on any atom is -0.341 e. The van der Waals surface area contributed by atoms with E-state index in [0.29, 0.717) is 22.5 Å². The summed E-state index contributed by atoms with van der Waals surface area (Å²) in [6.45, 7) is 3.78. The van der Waals surface area contributed by atoms with Crippen LogP contribution in [-0.2, 0) is 11.3 Å². The first-order chi connectivity index (χ1) is 13.7. The van der Waals surface area contributed by atoms with Gasteiger partial charge in [0.25, 0.3) is 11.1 Å². The summed E-state index contributed by atoms with van der Waals surface area (Å²) in [6.07, 6.45) is 5.52. The molecule has 2 aliphatic rings. The molecule has 7 nitrogen and oxygen atoms in total. The highest BCUT2D eigenvalue weighted by Gasteiger charge is 2.25. The molecule has 2 saturated heterocycles. The highest BCUT2D eigenvalue weighted by Crippen LogP contribution is 2.26. The maximum atomic E-state index is 11.7. The summed E-state index contributed by atoms with van der Waals surface area (Å²) in [5, 5.41) is 9.74. The van der Waals surface area contributed by atoms with Crippen LogP contribution in [0.3, 0.4) is 0 Å². The molecule has 9 heteroatoms. The Labute approximate surface area is 171 Å². The Kier molecular flexibility index (Phi) is 6.04. The van der Waals surface area contributed by atoms with E-state index >= 15 is 0 Å². The van der Waals surface area contributed by atoms with E-state index in [4.69, 9.17) is 0 Å². The molecule has 146 valence electrons. The van der Waals surface area contributed by atoms with Gasteiger partial charge in [-0.25, -0.2) is 9.97 Å². The Morgan fingerprint density at radius 1 is 1.29 bits per heavy atom. The molecule has 2 N–H and O–H groups in total. The van der Waals surface area contributed by atoms with E-state index in [1.807, 2.05) is 0 Å². The van der Waals surface area contributed by atoms with Gasteiger partial charge in [-0.15, -0.1) is 0 Å². The molecule has 0 bridgehead atoms. The van der Waals surface area contributed by atoms with Gasteiger partial charge in [-0.3, -0.25) is 14.9 Å². The fraction of sp³-hybridized carbons (Fsp3) is 0.368. The maximum Gasteiger partial charge on any atom is 0.290 e. The van der Waals surface area contributed by atoms with Crippen molar-refractivity contribution in [2.75, 3.05) is 24.5 Å². The molecular formula is C19H21N5O2S2. The van der Waals surface area contributed by atoms with Crippen molar-refractivity contribution in [2.45, 2.75) is 19.4 Å². The van der Waals surface area contributed by atoms with Gasteiger partial charge in [0.2, 0.25) is 5.95 Å². The van der Waals surface area contributed by atoms with Gasteiger partial charge in [0.15, 0.2) is 0 Å². The van der Waals surface area contributed by atoms with Crippen molar-refractivity contribution >= 4 is 46.3 Å². The van der Waals surface area contributed by atoms with Gasteiger partial charge in [-0.1, -0.05) is 0 Å². The fourth-order valence-electron chi connectivity index (χ4n) is 3.30. The van der Waals surface area contributed by atoms with Crippen molar-refractivity contribution in [3.05, 3.63) is 45.3 Å². The lowest BCUT2D eigenvalue weighted by atomic mass is 9.97. The second-order valence-corrected chi connectivity index (χ2v) is 8.62. The molecule has 0 unspecified atom stereocenters. The molecule has 0 atom stereocenters. The van der Waals surface area contributed by atoms with Gasteiger partial charge in [0, 0.05) is 25.8 Å². The predicted octanol–water partition coefficient (Wildman–Crippen LogP) is 2.87. The van der Waals surface area contributed by atoms with Crippen LogP contribution >= 0.6 is 23.1 Å². The Balaban J connectivity index is 1.30. The number of rotatable bonds is 6. The zero-order chi connectivity index (χ0) is 19.3. The number of aromatic nitrogens is 2. The number of carbonyl (C=O) groups is 2. The highest BCUT2D eigenvalue weighted by atomic mass is 32.2. The van der Waals surface area contributed by atoms with E-state index in [9.17, 15) is 9.59 Å². The fourth-order valence-corrected chi connectivity index (χ4v) is 4.64. The molecule has 0 saturated carbocycles. The van der Waals surface area contributed by atoms with Crippen molar-refractivity contribution in [2.24, 2.45) is 5.92 Å². The number of imide groups is 1. The second-order valence-electron chi connectivity index (χ2n) is 6.83. The van der Waals surface area contributed by atoms with E-state index in [0.717, 1.165) is 50.8 Å². The first-order valence-electron chi connectivity index (χ1n) is 9.22. The molecule has 4 rings (SSSR count). The van der Waals surface area contributed by atoms with Gasteiger partial charge in [0.1, 0.15) is 0 Å². The van der Waals surface area contributed by atoms with E-state index in [1.54, 1.807) is 29.7 Å². The smallest absolute Gasteiger partial charge is 0.290 e. The first kappa shape index (κ1) is 19.1. The van der Waals surface area contributed by atoms with Crippen LogP contribution in [0.15, 0.2) is 34.0 Å². The van der Waals surface area contributed by atoms with E-state index in [1.165, 1.54) is 5.56 Å². The lowest BCUT2D eigenvalue weighted by Crippen LogP contribution is -2.38. The van der Waals surface area contributed by atoms with Crippen molar-refractivity contribution in [1.29, 1.82) is 0 Å². The number of piperidine rings is 1. The SMILES string of the molecule is O=C1NC(=O)C(=Cc2ccnc(N3CCC(CNCc4ccsc4)CC3)n2)S1. The predicted molar refractivity (Wildman–Crippen MR) is 112 cm³/mol. The van der Waals surface area contributed by atoms with Crippen molar-refractivity contribution in [3.63, 3.8) is 0 Å². The average molecular weight is 416 g/mol. The largest absolute Gasteiger partial charge is 0.341 e. The van der Waals surface area contributed by atoms with Gasteiger partial charge >= 0.3 is 0 Å². The summed E-state index contributed by atoms with van der Waals surface area (Å²) in [5.74, 6) is 0.962. The summed E-state index contributed by atoms with van der Waals surface area (Å²) in [6, 6.07) is 3.90. The molecule has 0 radical (unpaired) electrons. The average Bonchev–Trinajstić information content (AvgIpc) is 3.32. The lowest BCUT2D eigenvalue weighted by molar-refractivity contribution is -0.115. The molecular weight excluding hydrogens is 394 g/mol. The molecule has 2 aliphatic heterocycles. The molecule has 2 fully saturated rings. The van der Waals surface area contributed by atoms with Crippen LogP contribution in [0.2, 0.25) is 0 Å². The van der Waals surface area contributed by atoms with E-state index < -0.39 is 0 Å². The third kappa shape index (κ3) is 4.78. The first-order valence-corrected chi connectivity index (χ1v) is 11.0. The molecule has 2 aromatic rings. The number of nitrogens with one attached hydrogen (secondary N) is 2. The Morgan fingerprint density at radius 2 is 2.14 bits per heavy atom. The zero-order valence-corrected chi connectivity index (χ0v) is 16.9. The number of nitrogens with zero attached hydrogens (tertiary/aromatic N) is 3. The number of anilines is 1. The Morgan fingerprint density at radius 3 is 2.86 bits per heavy atom. The van der Waals surface area contributed by atoms with Crippen LogP contribution < -0.4 is 15.5 Å². The number of hydrogen-bond acceptors (Lipinski definition) is 8. The summed E-state index contributed by atoms with van der Waals surface area (Å²) in [5.41, 5.74) is 1.98. The molecule has 0 spiro atoms. The number of thioether (sulfide) groups is 1. The number of carbonyl (C=O) groups excluding carboxylic acids is 2. The van der Waals surface area contributed by atoms with E-state index in [2.05, 4.69) is 42.3 Å². The van der Waals surface area contributed by atoms with Gasteiger partial charge < -0.3 is 10.2 Å². The van der Waals surface area contributed by atoms with Crippen LogP contribution in [-0.4, -0.2) is 40.7 Å². The van der Waals surface area contributed by atoms with Crippen LogP contribution in [0.5, 0.6) is 0 Å². The molecule has 0 aliphatic carbocycles. The van der Waals surface area contributed by atoms with Crippen molar-refractivity contribution in [3.8, 4) is 0 Å². The zero-order valence-electron chi connectivity index (χ0n) is 15.3. The topological polar surface area (TPSA) is 87.2 Å². The normalized spacial score (nSPS) is 19.4. The summed E-state index contributed by atoms with van der Waals surface area (Å²) in [4.78, 5) is 34.5. The minimum absolute atomic E-state index is 0.347. The van der Waals surface area contributed by atoms with Crippen LogP contribution in [0.1, 0.15) is 24.1 Å². The lowest BCUT2D eigenvalue weighted by Gasteiger charge is -2.32. The van der Waals surface area contributed by atoms with Gasteiger partial charge in [0.05, 0.1) is 10.6 Å². The number of hydrogen-bond donors (Lipinski definition) is 2. The summed E-state index contributed by atoms with van der Waals surface area (Å²) >= 11 is 2.63. The molecule has 0 aromatic carbocycles. The number of amides is 2. The highest BCUT2D eigenvalue weighted by molar-refractivity contribution is 8.18. The van der Waals surface area contributed by atoms with E-state index in [-0.39, 0.29) is 11.1 Å². The van der Waals surface area contributed by atoms with Crippen molar-refractivity contribution in [1.82, 2.24) is 20.6 Å². The summed E-state index contributed by atoms with van der Waals surface area (Å²) in [7, 11) is 0. The maximum absolute atomic E-state index is 11.7. The Bertz CT molecular complexity index is 876. The monoisotopic (exact) mass is 415 g/mol. The summed E-state index contributed by atoms with van der Waals surface area (Å²) < 4.78 is 0. The molecule has 28 heavy (non-hydrogen) atoms. The standard InChI is InChI=1S/C19H21N5O2S2/c25-17-16(28-19(26)23-17)9-15-1-5-21-18(22-15)24-6-2-13(3-7-24)10-20-11-14-4-8-27-12-14/h1,4-5,8-9,12-13,20H,2-3,6-7,10-11H2,(H,23,25,26). The minimum atomic E-state index is -0.370. The molecule has 2 amide bonds. The van der Waals surface area contributed by atoms with Crippen molar-refractivity contribution < 1.29 is 9.59 Å². The molecule has 4 heterocycles. The number of thiophene rings is 1. The third-order valence-electron chi connectivity index (χ3n) is 4.83. The van der Waals surface area contributed by atoms with Crippen LogP contribution in [0.25, 0.3) is 6.08 Å². The van der Waals surface area contributed by atoms with Crippen LogP contribution in [0, 0.1) is 5.92 Å². The quantitative estimate of drug-likeness (QED) is 0.702. The molecule has 2 aromatic heterocycles. The van der Waals surface area contributed by atoms with Crippen LogP contribution in [0.4, 0.5) is 10.7 Å². The van der Waals surface area contributed by atoms with Gasteiger partial charge in [-0.2, -0.15) is 11.3 Å². The van der Waals surface area contributed by atoms with Gasteiger partial charge in [-0.05, 0) is 71.6 Å². The Hall–Kier alpha value is -2.23.